The molecule has 0 aromatic rings. The Balaban J connectivity index is -0.000000500. The molecule has 0 unspecified atom stereocenters. The third kappa shape index (κ3) is 15.0. The van der Waals surface area contributed by atoms with Crippen molar-refractivity contribution in [1.82, 2.24) is 0 Å². The minimum absolute atomic E-state index is 0. The van der Waals surface area contributed by atoms with Crippen LogP contribution in [0.25, 0.3) is 0 Å². The van der Waals surface area contributed by atoms with Crippen molar-refractivity contribution in [2.24, 2.45) is 0 Å². The van der Waals surface area contributed by atoms with Gasteiger partial charge in [0.2, 0.25) is 0 Å². The molecule has 0 atom stereocenters. The molecule has 0 saturated heterocycles. The van der Waals surface area contributed by atoms with Crippen molar-refractivity contribution >= 4 is 124 Å². The molecule has 72 valence electrons. The van der Waals surface area contributed by atoms with Crippen LogP contribution in [0.5, 0.6) is 0 Å². The first-order chi connectivity index (χ1) is 4.77. The zero-order valence-corrected chi connectivity index (χ0v) is 6.20. The summed E-state index contributed by atoms with van der Waals surface area (Å²) >= 11 is 0. The molecule has 13 heavy (non-hydrogen) atoms. The van der Waals surface area contributed by atoms with Gasteiger partial charge >= 0.3 is 124 Å². The molecule has 0 aromatic carbocycles. The predicted octanol–water partition coefficient (Wildman–Crippen LogP) is -2.83. The maximum absolute atomic E-state index is 9.85. The van der Waals surface area contributed by atoms with Crippen molar-refractivity contribution in [3.8, 4) is 0 Å². The van der Waals surface area contributed by atoms with Gasteiger partial charge in [-0.3, -0.25) is 4.55 Å². The predicted molar refractivity (Wildman–Crippen MR) is 40.7 cm³/mol. The normalized spacial score (nSPS) is 11.2. The summed E-state index contributed by atoms with van der Waals surface area (Å²) in [5.41, 5.74) is 0. The second-order valence-electron chi connectivity index (χ2n) is 1.05. The van der Waals surface area contributed by atoms with E-state index >= 15 is 0 Å². The zero-order valence-electron chi connectivity index (χ0n) is 4.57. The van der Waals surface area contributed by atoms with Crippen molar-refractivity contribution in [3.63, 3.8) is 0 Å². The van der Waals surface area contributed by atoms with Crippen molar-refractivity contribution < 1.29 is 39.6 Å². The summed E-state index contributed by atoms with van der Waals surface area (Å²) in [5.74, 6) is 0. The van der Waals surface area contributed by atoms with Gasteiger partial charge in [-0.1, -0.05) is 13.0 Å². The van der Waals surface area contributed by atoms with Gasteiger partial charge in [-0.05, 0) is 0 Å². The van der Waals surface area contributed by atoms with E-state index in [0.717, 1.165) is 0 Å². The van der Waals surface area contributed by atoms with Crippen LogP contribution in [-0.2, 0) is 33.8 Å². The minimum atomic E-state index is -5.06. The molecular weight excluding hydrogens is 286 g/mol. The van der Waals surface area contributed by atoms with Crippen molar-refractivity contribution in [2.75, 3.05) is 0 Å². The van der Waals surface area contributed by atoms with Crippen LogP contribution in [-0.4, -0.2) is 129 Å². The topological polar surface area (TPSA) is 136 Å². The molecule has 0 aliphatic rings. The van der Waals surface area contributed by atoms with Crippen molar-refractivity contribution in [1.29, 1.82) is 0 Å². The molecule has 0 spiro atoms. The van der Waals surface area contributed by atoms with Crippen LogP contribution >= 0.6 is 0 Å². The monoisotopic (exact) mass is 290 g/mol. The molecule has 0 aliphatic carbocycles. The molecule has 2 N–H and O–H groups in total. The van der Waals surface area contributed by atoms with Gasteiger partial charge in [-0.25, -0.2) is 5.26 Å². The van der Waals surface area contributed by atoms with Crippen molar-refractivity contribution in [3.05, 3.63) is 0 Å². The van der Waals surface area contributed by atoms with Crippen LogP contribution < -0.4 is 0 Å². The van der Waals surface area contributed by atoms with Crippen LogP contribution in [0.4, 0.5) is 0 Å². The first-order valence-corrected chi connectivity index (χ1v) is 4.40. The van der Waals surface area contributed by atoms with Crippen LogP contribution in [0.2, 0.25) is 0 Å². The molecule has 0 amide bonds. The zero-order chi connectivity index (χ0) is 9.12. The van der Waals surface area contributed by atoms with Gasteiger partial charge in [-0.2, -0.15) is 16.8 Å². The summed E-state index contributed by atoms with van der Waals surface area (Å²) in [6, 6.07) is 0. The van der Waals surface area contributed by atoms with Crippen LogP contribution in [0.1, 0.15) is 0 Å². The molecule has 0 fully saturated rings. The SMILES string of the molecule is O=S(=O)(O)OOS(=O)(=O)OO.[KH].[KH]. The Hall–Kier alpha value is 2.97. The fraction of sp³-hybridized carbons (Fsp3) is 0. The summed E-state index contributed by atoms with van der Waals surface area (Å²) in [6.07, 6.45) is 0. The van der Waals surface area contributed by atoms with E-state index in [4.69, 9.17) is 9.81 Å². The van der Waals surface area contributed by atoms with Gasteiger partial charge < -0.3 is 0 Å². The summed E-state index contributed by atoms with van der Waals surface area (Å²) in [6.45, 7) is 0. The Bertz CT molecular complexity index is 297. The van der Waals surface area contributed by atoms with Crippen LogP contribution in [0.15, 0.2) is 0 Å². The van der Waals surface area contributed by atoms with Gasteiger partial charge in [0, 0.05) is 0 Å². The second kappa shape index (κ2) is 9.05. The van der Waals surface area contributed by atoms with E-state index in [0.29, 0.717) is 0 Å². The van der Waals surface area contributed by atoms with Crippen molar-refractivity contribution in [2.45, 2.75) is 0 Å². The number of hydrogen-bond donors (Lipinski definition) is 2. The standard InChI is InChI=1S/2K.H2O9S2.2H/c;;1-7-11(5,6)9-8-10(2,3)4;;/h;;1H,(H,2,3,4);;. The van der Waals surface area contributed by atoms with E-state index in [2.05, 4.69) is 13.0 Å². The molecular formula is H4K2O9S2. The molecule has 0 aliphatic heterocycles. The third-order valence-electron chi connectivity index (χ3n) is 0.288. The van der Waals surface area contributed by atoms with Gasteiger partial charge in [0.15, 0.2) is 0 Å². The molecule has 0 bridgehead atoms. The quantitative estimate of drug-likeness (QED) is 0.243. The Labute approximate surface area is 159 Å². The van der Waals surface area contributed by atoms with E-state index < -0.39 is 20.8 Å². The summed E-state index contributed by atoms with van der Waals surface area (Å²) in [7, 11) is -10.0. The molecule has 13 heteroatoms. The average molecular weight is 290 g/mol. The molecule has 9 nitrogen and oxygen atoms in total. The Kier molecular flexibility index (Phi) is 14.8. The van der Waals surface area contributed by atoms with Gasteiger partial charge in [0.05, 0.1) is 0 Å². The third-order valence-corrected chi connectivity index (χ3v) is 1.03. The molecule has 0 radical (unpaired) electrons. The average Bonchev–Trinajstić information content (AvgIpc) is 1.83. The molecule has 0 saturated carbocycles. The fourth-order valence-corrected chi connectivity index (χ4v) is 0.659. The van der Waals surface area contributed by atoms with E-state index in [9.17, 15) is 16.8 Å². The van der Waals surface area contributed by atoms with Gasteiger partial charge in [0.25, 0.3) is 0 Å². The van der Waals surface area contributed by atoms with E-state index in [-0.39, 0.29) is 103 Å². The molecule has 0 rings (SSSR count). The number of hydrogen-bond acceptors (Lipinski definition) is 8. The maximum atomic E-state index is 9.85. The number of rotatable bonds is 4. The van der Waals surface area contributed by atoms with E-state index in [1.807, 2.05) is 0 Å². The van der Waals surface area contributed by atoms with Crippen LogP contribution in [0, 0.1) is 0 Å². The Morgan fingerprint density at radius 2 is 1.31 bits per heavy atom. The van der Waals surface area contributed by atoms with Gasteiger partial charge in [-0.15, -0.1) is 0 Å². The first-order valence-electron chi connectivity index (χ1n) is 1.70. The van der Waals surface area contributed by atoms with Crippen LogP contribution in [0.3, 0.4) is 0 Å². The Morgan fingerprint density at radius 3 is 1.54 bits per heavy atom. The Morgan fingerprint density at radius 1 is 0.923 bits per heavy atom. The summed E-state index contributed by atoms with van der Waals surface area (Å²) in [5, 5.41) is 7.42. The molecule has 0 aromatic heterocycles. The van der Waals surface area contributed by atoms with Gasteiger partial charge in [0.1, 0.15) is 0 Å². The summed E-state index contributed by atoms with van der Waals surface area (Å²) < 4.78 is 54.9. The second-order valence-corrected chi connectivity index (χ2v) is 3.14. The van der Waals surface area contributed by atoms with E-state index in [1.54, 1.807) is 0 Å². The van der Waals surface area contributed by atoms with E-state index in [1.165, 1.54) is 0 Å². The fourth-order valence-electron chi connectivity index (χ4n) is 0.0815. The first kappa shape index (κ1) is 21.3. The molecule has 0 heterocycles. The summed E-state index contributed by atoms with van der Waals surface area (Å²) in [4.78, 5) is 0.